The molecule has 0 unspecified atom stereocenters. The summed E-state index contributed by atoms with van der Waals surface area (Å²) in [5.41, 5.74) is 6.48. The SMILES string of the molecule is CC(C)(C)c1cccc2c1oc1c(-c3ccccc3)nc(-c3ccccc3)nc12. The van der Waals surface area contributed by atoms with Gasteiger partial charge in [-0.1, -0.05) is 93.6 Å². The summed E-state index contributed by atoms with van der Waals surface area (Å²) < 4.78 is 6.46. The minimum atomic E-state index is -0.0318. The molecule has 0 saturated heterocycles. The summed E-state index contributed by atoms with van der Waals surface area (Å²) in [6.07, 6.45) is 0. The fourth-order valence-electron chi connectivity index (χ4n) is 3.76. The Bertz CT molecular complexity index is 1310. The predicted molar refractivity (Wildman–Crippen MR) is 119 cm³/mol. The third-order valence-corrected chi connectivity index (χ3v) is 5.23. The van der Waals surface area contributed by atoms with Gasteiger partial charge in [0.2, 0.25) is 0 Å². The van der Waals surface area contributed by atoms with Gasteiger partial charge in [0.1, 0.15) is 16.8 Å². The van der Waals surface area contributed by atoms with Gasteiger partial charge in [0.15, 0.2) is 11.4 Å². The predicted octanol–water partition coefficient (Wildman–Crippen LogP) is 7.01. The first-order valence-corrected chi connectivity index (χ1v) is 9.87. The highest BCUT2D eigenvalue weighted by molar-refractivity contribution is 6.08. The number of benzene rings is 3. The van der Waals surface area contributed by atoms with Gasteiger partial charge in [0, 0.05) is 22.1 Å². The Labute approximate surface area is 170 Å². The quantitative estimate of drug-likeness (QED) is 0.332. The van der Waals surface area contributed by atoms with Crippen LogP contribution in [0.2, 0.25) is 0 Å². The zero-order valence-corrected chi connectivity index (χ0v) is 16.8. The molecule has 0 N–H and O–H groups in total. The molecule has 0 radical (unpaired) electrons. The molecule has 0 amide bonds. The molecule has 0 bridgehead atoms. The highest BCUT2D eigenvalue weighted by Crippen LogP contribution is 2.39. The molecule has 142 valence electrons. The van der Waals surface area contributed by atoms with Gasteiger partial charge in [0.25, 0.3) is 0 Å². The molecule has 3 aromatic carbocycles. The zero-order valence-electron chi connectivity index (χ0n) is 16.8. The van der Waals surface area contributed by atoms with E-state index in [2.05, 4.69) is 51.1 Å². The summed E-state index contributed by atoms with van der Waals surface area (Å²) in [5, 5.41) is 1.03. The molecule has 0 atom stereocenters. The number of para-hydroxylation sites is 1. The van der Waals surface area contributed by atoms with Gasteiger partial charge in [-0.15, -0.1) is 0 Å². The van der Waals surface area contributed by atoms with Gasteiger partial charge in [-0.25, -0.2) is 9.97 Å². The Morgan fingerprint density at radius 2 is 1.31 bits per heavy atom. The zero-order chi connectivity index (χ0) is 20.0. The van der Waals surface area contributed by atoms with E-state index in [1.807, 2.05) is 48.5 Å². The Balaban J connectivity index is 1.91. The fourth-order valence-corrected chi connectivity index (χ4v) is 3.76. The van der Waals surface area contributed by atoms with Gasteiger partial charge in [-0.3, -0.25) is 0 Å². The molecule has 5 rings (SSSR count). The van der Waals surface area contributed by atoms with Crippen LogP contribution in [0.15, 0.2) is 83.3 Å². The van der Waals surface area contributed by atoms with Crippen LogP contribution in [0.25, 0.3) is 44.7 Å². The van der Waals surface area contributed by atoms with Crippen molar-refractivity contribution >= 4 is 22.1 Å². The lowest BCUT2D eigenvalue weighted by Crippen LogP contribution is -2.10. The molecule has 5 aromatic rings. The minimum absolute atomic E-state index is 0.0318. The third kappa shape index (κ3) is 2.99. The normalized spacial score (nSPS) is 12.0. The molecule has 3 nitrogen and oxygen atoms in total. The second-order valence-electron chi connectivity index (χ2n) is 8.34. The average molecular weight is 378 g/mol. The van der Waals surface area contributed by atoms with Crippen LogP contribution in [0.5, 0.6) is 0 Å². The molecular formula is C26H22N2O. The van der Waals surface area contributed by atoms with E-state index < -0.39 is 0 Å². The van der Waals surface area contributed by atoms with Gasteiger partial charge < -0.3 is 4.42 Å². The molecule has 0 fully saturated rings. The van der Waals surface area contributed by atoms with E-state index in [-0.39, 0.29) is 5.41 Å². The summed E-state index contributed by atoms with van der Waals surface area (Å²) in [6.45, 7) is 6.61. The van der Waals surface area contributed by atoms with Crippen LogP contribution in [0.4, 0.5) is 0 Å². The Kier molecular flexibility index (Phi) is 3.99. The fraction of sp³-hybridized carbons (Fsp3) is 0.154. The number of hydrogen-bond donors (Lipinski definition) is 0. The number of furan rings is 1. The first-order chi connectivity index (χ1) is 14.0. The maximum atomic E-state index is 6.46. The van der Waals surface area contributed by atoms with E-state index in [1.165, 1.54) is 5.56 Å². The van der Waals surface area contributed by atoms with Crippen LogP contribution in [0.3, 0.4) is 0 Å². The van der Waals surface area contributed by atoms with Gasteiger partial charge >= 0.3 is 0 Å². The summed E-state index contributed by atoms with van der Waals surface area (Å²) in [5.74, 6) is 0.709. The second kappa shape index (κ2) is 6.56. The van der Waals surface area contributed by atoms with Crippen LogP contribution in [0.1, 0.15) is 26.3 Å². The van der Waals surface area contributed by atoms with Gasteiger partial charge in [-0.2, -0.15) is 0 Å². The number of aromatic nitrogens is 2. The van der Waals surface area contributed by atoms with Gasteiger partial charge in [-0.05, 0) is 11.5 Å². The number of nitrogens with zero attached hydrogens (tertiary/aromatic N) is 2. The number of rotatable bonds is 2. The highest BCUT2D eigenvalue weighted by Gasteiger charge is 2.23. The van der Waals surface area contributed by atoms with Crippen molar-refractivity contribution in [3.63, 3.8) is 0 Å². The second-order valence-corrected chi connectivity index (χ2v) is 8.34. The van der Waals surface area contributed by atoms with E-state index in [0.29, 0.717) is 5.82 Å². The largest absolute Gasteiger partial charge is 0.452 e. The maximum absolute atomic E-state index is 6.46. The molecule has 0 aliphatic rings. The number of hydrogen-bond acceptors (Lipinski definition) is 3. The smallest absolute Gasteiger partial charge is 0.180 e. The van der Waals surface area contributed by atoms with Crippen molar-refractivity contribution in [1.82, 2.24) is 9.97 Å². The van der Waals surface area contributed by atoms with Crippen LogP contribution in [0, 0.1) is 0 Å². The first kappa shape index (κ1) is 17.6. The lowest BCUT2D eigenvalue weighted by molar-refractivity contribution is 0.572. The standard InChI is InChI=1S/C26H22N2O/c1-26(2,3)20-16-10-15-19-22-24(29-23(19)20)21(17-11-6-4-7-12-17)27-25(28-22)18-13-8-5-9-14-18/h4-16H,1-3H3. The van der Waals surface area contributed by atoms with Crippen LogP contribution in [-0.4, -0.2) is 9.97 Å². The monoisotopic (exact) mass is 378 g/mol. The lowest BCUT2D eigenvalue weighted by Gasteiger charge is -2.18. The van der Waals surface area contributed by atoms with Crippen LogP contribution in [-0.2, 0) is 5.41 Å². The van der Waals surface area contributed by atoms with E-state index in [0.717, 1.165) is 38.9 Å². The molecule has 0 saturated carbocycles. The van der Waals surface area contributed by atoms with Crippen LogP contribution < -0.4 is 0 Å². The van der Waals surface area contributed by atoms with Crippen molar-refractivity contribution in [2.45, 2.75) is 26.2 Å². The topological polar surface area (TPSA) is 38.9 Å². The van der Waals surface area contributed by atoms with Crippen molar-refractivity contribution in [3.05, 3.63) is 84.4 Å². The summed E-state index contributed by atoms with van der Waals surface area (Å²) >= 11 is 0. The summed E-state index contributed by atoms with van der Waals surface area (Å²) in [4.78, 5) is 9.86. The lowest BCUT2D eigenvalue weighted by atomic mass is 9.86. The maximum Gasteiger partial charge on any atom is 0.180 e. The third-order valence-electron chi connectivity index (χ3n) is 5.23. The molecular weight excluding hydrogens is 356 g/mol. The average Bonchev–Trinajstić information content (AvgIpc) is 3.12. The molecule has 0 spiro atoms. The van der Waals surface area contributed by atoms with E-state index in [1.54, 1.807) is 0 Å². The van der Waals surface area contributed by atoms with E-state index in [4.69, 9.17) is 14.4 Å². The van der Waals surface area contributed by atoms with Crippen molar-refractivity contribution in [1.29, 1.82) is 0 Å². The molecule has 29 heavy (non-hydrogen) atoms. The first-order valence-electron chi connectivity index (χ1n) is 9.87. The Morgan fingerprint density at radius 1 is 0.655 bits per heavy atom. The molecule has 2 aromatic heterocycles. The van der Waals surface area contributed by atoms with Gasteiger partial charge in [0.05, 0.1) is 0 Å². The van der Waals surface area contributed by atoms with Crippen molar-refractivity contribution < 1.29 is 4.42 Å². The Morgan fingerprint density at radius 3 is 1.97 bits per heavy atom. The van der Waals surface area contributed by atoms with E-state index >= 15 is 0 Å². The highest BCUT2D eigenvalue weighted by atomic mass is 16.3. The van der Waals surface area contributed by atoms with Crippen LogP contribution >= 0.6 is 0 Å². The molecule has 2 heterocycles. The van der Waals surface area contributed by atoms with Crippen molar-refractivity contribution in [2.75, 3.05) is 0 Å². The Hall–Kier alpha value is -3.46. The summed E-state index contributed by atoms with van der Waals surface area (Å²) in [7, 11) is 0. The van der Waals surface area contributed by atoms with Crippen molar-refractivity contribution in [3.8, 4) is 22.6 Å². The summed E-state index contributed by atoms with van der Waals surface area (Å²) in [6, 6.07) is 26.6. The van der Waals surface area contributed by atoms with Crippen molar-refractivity contribution in [2.24, 2.45) is 0 Å². The van der Waals surface area contributed by atoms with E-state index in [9.17, 15) is 0 Å². The molecule has 0 aliphatic carbocycles. The molecule has 3 heteroatoms. The molecule has 0 aliphatic heterocycles. The minimum Gasteiger partial charge on any atom is -0.452 e. The number of fused-ring (bicyclic) bond motifs is 3.